The molecular formula is C18H28ClN3O2. The quantitative estimate of drug-likeness (QED) is 0.731. The lowest BCUT2D eigenvalue weighted by molar-refractivity contribution is 0.0372. The minimum atomic E-state index is -0.0103. The molecule has 0 bridgehead atoms. The Morgan fingerprint density at radius 3 is 2.83 bits per heavy atom. The van der Waals surface area contributed by atoms with Gasteiger partial charge in [-0.15, -0.1) is 0 Å². The van der Waals surface area contributed by atoms with Gasteiger partial charge in [-0.1, -0.05) is 23.7 Å². The Morgan fingerprint density at radius 2 is 2.12 bits per heavy atom. The van der Waals surface area contributed by atoms with Crippen molar-refractivity contribution in [1.29, 1.82) is 0 Å². The van der Waals surface area contributed by atoms with Gasteiger partial charge in [0.05, 0.1) is 13.2 Å². The van der Waals surface area contributed by atoms with Crippen LogP contribution in [0.2, 0.25) is 5.02 Å². The molecule has 1 aromatic rings. The molecule has 0 radical (unpaired) electrons. The average molecular weight is 354 g/mol. The van der Waals surface area contributed by atoms with Crippen molar-refractivity contribution in [3.8, 4) is 0 Å². The van der Waals surface area contributed by atoms with Gasteiger partial charge in [-0.3, -0.25) is 4.90 Å². The minimum Gasteiger partial charge on any atom is -0.379 e. The molecule has 0 spiro atoms. The summed E-state index contributed by atoms with van der Waals surface area (Å²) >= 11 is 6.00. The minimum absolute atomic E-state index is 0.0103. The van der Waals surface area contributed by atoms with E-state index in [0.717, 1.165) is 57.8 Å². The van der Waals surface area contributed by atoms with Gasteiger partial charge in [0.1, 0.15) is 0 Å². The van der Waals surface area contributed by atoms with Gasteiger partial charge in [0.15, 0.2) is 0 Å². The molecule has 134 valence electrons. The Hall–Kier alpha value is -1.30. The van der Waals surface area contributed by atoms with Crippen LogP contribution in [0.1, 0.15) is 25.3 Å². The molecule has 1 saturated heterocycles. The highest BCUT2D eigenvalue weighted by molar-refractivity contribution is 6.30. The summed E-state index contributed by atoms with van der Waals surface area (Å²) in [4.78, 5) is 16.5. The van der Waals surface area contributed by atoms with E-state index < -0.39 is 0 Å². The Labute approximate surface area is 149 Å². The molecule has 0 aromatic heterocycles. The lowest BCUT2D eigenvalue weighted by Crippen LogP contribution is -2.40. The largest absolute Gasteiger partial charge is 0.379 e. The number of ether oxygens (including phenoxy) is 1. The van der Waals surface area contributed by atoms with Gasteiger partial charge >= 0.3 is 6.03 Å². The first-order valence-electron chi connectivity index (χ1n) is 8.76. The number of hydrogen-bond acceptors (Lipinski definition) is 3. The van der Waals surface area contributed by atoms with Crippen molar-refractivity contribution < 1.29 is 9.53 Å². The van der Waals surface area contributed by atoms with Gasteiger partial charge in [0.2, 0.25) is 0 Å². The van der Waals surface area contributed by atoms with Crippen molar-refractivity contribution in [3.05, 3.63) is 34.9 Å². The standard InChI is InChI=1S/C18H28ClN3O2/c1-2-22(15-16-6-5-7-17(19)14-16)18(23)20-8-3-4-9-21-10-12-24-13-11-21/h5-7,14H,2-4,8-13,15H2,1H3,(H,20,23). The van der Waals surface area contributed by atoms with E-state index in [1.54, 1.807) is 4.90 Å². The van der Waals surface area contributed by atoms with Gasteiger partial charge in [-0.2, -0.15) is 0 Å². The number of amides is 2. The zero-order chi connectivity index (χ0) is 17.2. The van der Waals surface area contributed by atoms with Crippen LogP contribution in [0.5, 0.6) is 0 Å². The van der Waals surface area contributed by atoms with Gasteiger partial charge in [0.25, 0.3) is 0 Å². The predicted octanol–water partition coefficient (Wildman–Crippen LogP) is 2.98. The third-order valence-corrected chi connectivity index (χ3v) is 4.45. The predicted molar refractivity (Wildman–Crippen MR) is 97.4 cm³/mol. The number of benzene rings is 1. The van der Waals surface area contributed by atoms with E-state index >= 15 is 0 Å². The van der Waals surface area contributed by atoms with E-state index in [2.05, 4.69) is 10.2 Å². The molecule has 0 aliphatic carbocycles. The second-order valence-electron chi connectivity index (χ2n) is 6.04. The third-order valence-electron chi connectivity index (χ3n) is 4.21. The van der Waals surface area contributed by atoms with Crippen molar-refractivity contribution in [2.24, 2.45) is 0 Å². The fourth-order valence-electron chi connectivity index (χ4n) is 2.78. The molecule has 6 heteroatoms. The van der Waals surface area contributed by atoms with Crippen LogP contribution in [0.4, 0.5) is 4.79 Å². The number of carbonyl (C=O) groups excluding carboxylic acids is 1. The van der Waals surface area contributed by atoms with Gasteiger partial charge in [-0.25, -0.2) is 4.79 Å². The molecule has 0 unspecified atom stereocenters. The van der Waals surface area contributed by atoms with E-state index in [9.17, 15) is 4.79 Å². The topological polar surface area (TPSA) is 44.8 Å². The highest BCUT2D eigenvalue weighted by Crippen LogP contribution is 2.12. The maximum atomic E-state index is 12.3. The number of nitrogens with zero attached hydrogens (tertiary/aromatic N) is 2. The van der Waals surface area contributed by atoms with E-state index in [1.165, 1.54) is 0 Å². The van der Waals surface area contributed by atoms with Gasteiger partial charge < -0.3 is 15.0 Å². The Morgan fingerprint density at radius 1 is 1.33 bits per heavy atom. The first kappa shape index (κ1) is 19.0. The summed E-state index contributed by atoms with van der Waals surface area (Å²) < 4.78 is 5.34. The van der Waals surface area contributed by atoms with Crippen LogP contribution in [0.3, 0.4) is 0 Å². The molecule has 1 aromatic carbocycles. The number of nitrogens with one attached hydrogen (secondary N) is 1. The van der Waals surface area contributed by atoms with Crippen molar-refractivity contribution in [2.75, 3.05) is 45.9 Å². The van der Waals surface area contributed by atoms with E-state index in [-0.39, 0.29) is 6.03 Å². The zero-order valence-corrected chi connectivity index (χ0v) is 15.2. The van der Waals surface area contributed by atoms with Crippen LogP contribution in [0, 0.1) is 0 Å². The summed E-state index contributed by atoms with van der Waals surface area (Å²) in [6.45, 7) is 8.77. The fraction of sp³-hybridized carbons (Fsp3) is 0.611. The molecule has 1 N–H and O–H groups in total. The summed E-state index contributed by atoms with van der Waals surface area (Å²) in [6.07, 6.45) is 2.10. The number of rotatable bonds is 8. The third kappa shape index (κ3) is 6.67. The van der Waals surface area contributed by atoms with Crippen molar-refractivity contribution in [1.82, 2.24) is 15.1 Å². The maximum absolute atomic E-state index is 12.3. The maximum Gasteiger partial charge on any atom is 0.317 e. The second kappa shape index (κ2) is 10.5. The first-order chi connectivity index (χ1) is 11.7. The number of morpholine rings is 1. The summed E-state index contributed by atoms with van der Waals surface area (Å²) in [6, 6.07) is 7.64. The highest BCUT2D eigenvalue weighted by Gasteiger charge is 2.12. The molecule has 2 amide bonds. The molecule has 0 saturated carbocycles. The Balaban J connectivity index is 1.64. The number of unbranched alkanes of at least 4 members (excludes halogenated alkanes) is 1. The first-order valence-corrected chi connectivity index (χ1v) is 9.14. The summed E-state index contributed by atoms with van der Waals surface area (Å²) in [7, 11) is 0. The van der Waals surface area contributed by atoms with Crippen LogP contribution in [-0.2, 0) is 11.3 Å². The zero-order valence-electron chi connectivity index (χ0n) is 14.5. The normalized spacial score (nSPS) is 15.2. The van der Waals surface area contributed by atoms with Crippen LogP contribution in [-0.4, -0.2) is 61.8 Å². The van der Waals surface area contributed by atoms with E-state index in [1.807, 2.05) is 31.2 Å². The van der Waals surface area contributed by atoms with Crippen LogP contribution < -0.4 is 5.32 Å². The average Bonchev–Trinajstić information content (AvgIpc) is 2.60. The van der Waals surface area contributed by atoms with Gasteiger partial charge in [0, 0.05) is 37.7 Å². The highest BCUT2D eigenvalue weighted by atomic mass is 35.5. The summed E-state index contributed by atoms with van der Waals surface area (Å²) in [5.41, 5.74) is 1.05. The summed E-state index contributed by atoms with van der Waals surface area (Å²) in [5.74, 6) is 0. The van der Waals surface area contributed by atoms with Crippen LogP contribution in [0.25, 0.3) is 0 Å². The molecule has 1 fully saturated rings. The second-order valence-corrected chi connectivity index (χ2v) is 6.47. The van der Waals surface area contributed by atoms with Crippen LogP contribution in [0.15, 0.2) is 24.3 Å². The number of halogens is 1. The smallest absolute Gasteiger partial charge is 0.317 e. The van der Waals surface area contributed by atoms with Crippen molar-refractivity contribution in [2.45, 2.75) is 26.3 Å². The lowest BCUT2D eigenvalue weighted by Gasteiger charge is -2.26. The van der Waals surface area contributed by atoms with Crippen LogP contribution >= 0.6 is 11.6 Å². The lowest BCUT2D eigenvalue weighted by atomic mass is 10.2. The Kier molecular flexibility index (Phi) is 8.36. The fourth-order valence-corrected chi connectivity index (χ4v) is 2.99. The number of hydrogen-bond donors (Lipinski definition) is 1. The SMILES string of the molecule is CCN(Cc1cccc(Cl)c1)C(=O)NCCCCN1CCOCC1. The van der Waals surface area contributed by atoms with E-state index in [4.69, 9.17) is 16.3 Å². The molecule has 5 nitrogen and oxygen atoms in total. The molecule has 0 atom stereocenters. The van der Waals surface area contributed by atoms with Gasteiger partial charge in [-0.05, 0) is 44.0 Å². The molecule has 1 heterocycles. The molecule has 1 aliphatic heterocycles. The number of urea groups is 1. The number of carbonyl (C=O) groups is 1. The molecular weight excluding hydrogens is 326 g/mol. The molecule has 1 aliphatic rings. The van der Waals surface area contributed by atoms with Crippen molar-refractivity contribution >= 4 is 17.6 Å². The molecule has 24 heavy (non-hydrogen) atoms. The van der Waals surface area contributed by atoms with E-state index in [0.29, 0.717) is 18.1 Å². The Bertz CT molecular complexity index is 507. The van der Waals surface area contributed by atoms with Crippen molar-refractivity contribution in [3.63, 3.8) is 0 Å². The summed E-state index contributed by atoms with van der Waals surface area (Å²) in [5, 5.41) is 3.72. The monoisotopic (exact) mass is 353 g/mol. The molecule has 2 rings (SSSR count).